The fraction of sp³-hybridized carbons (Fsp3) is 0.375. The van der Waals surface area contributed by atoms with Crippen LogP contribution in [0, 0.1) is 0 Å². The summed E-state index contributed by atoms with van der Waals surface area (Å²) in [6.07, 6.45) is 5.94. The van der Waals surface area contributed by atoms with Crippen molar-refractivity contribution in [2.45, 2.75) is 12.5 Å². The van der Waals surface area contributed by atoms with Crippen molar-refractivity contribution in [2.75, 3.05) is 0 Å². The van der Waals surface area contributed by atoms with Gasteiger partial charge in [-0.2, -0.15) is 15.4 Å². The normalized spacial score (nSPS) is 13.0. The van der Waals surface area contributed by atoms with Crippen LogP contribution in [0.4, 0.5) is 0 Å². The summed E-state index contributed by atoms with van der Waals surface area (Å²) < 4.78 is 1.94. The number of rotatable bonds is 3. The van der Waals surface area contributed by atoms with Gasteiger partial charge in [-0.1, -0.05) is 0 Å². The molecule has 0 aliphatic heterocycles. The molecule has 3 N–H and O–H groups in total. The topological polar surface area (TPSA) is 85.4 Å². The van der Waals surface area contributed by atoms with E-state index in [4.69, 9.17) is 5.73 Å². The summed E-state index contributed by atoms with van der Waals surface area (Å²) in [5.41, 5.74) is 6.68. The van der Waals surface area contributed by atoms with Gasteiger partial charge in [0.15, 0.2) is 0 Å². The summed E-state index contributed by atoms with van der Waals surface area (Å²) in [7, 11) is 1.94. The molecule has 0 bridgehead atoms. The molecule has 74 valence electrons. The fourth-order valence-corrected chi connectivity index (χ4v) is 1.28. The molecule has 0 aromatic carbocycles. The lowest BCUT2D eigenvalue weighted by molar-refractivity contribution is 0.641. The molecule has 6 nitrogen and oxygen atoms in total. The third-order valence-electron chi connectivity index (χ3n) is 2.14. The smallest absolute Gasteiger partial charge is 0.110 e. The molecule has 1 unspecified atom stereocenters. The minimum absolute atomic E-state index is 0.158. The Balaban J connectivity index is 2.09. The first-order chi connectivity index (χ1) is 6.77. The molecule has 0 saturated heterocycles. The number of aromatic amines is 1. The Morgan fingerprint density at radius 3 is 3.07 bits per heavy atom. The van der Waals surface area contributed by atoms with E-state index in [-0.39, 0.29) is 6.04 Å². The lowest BCUT2D eigenvalue weighted by Crippen LogP contribution is -2.16. The third-order valence-corrected chi connectivity index (χ3v) is 2.14. The zero-order chi connectivity index (χ0) is 9.97. The van der Waals surface area contributed by atoms with Crippen molar-refractivity contribution in [3.05, 3.63) is 30.1 Å². The van der Waals surface area contributed by atoms with E-state index < -0.39 is 0 Å². The van der Waals surface area contributed by atoms with Gasteiger partial charge in [0.05, 0.1) is 17.9 Å². The molecular weight excluding hydrogens is 180 g/mol. The predicted molar refractivity (Wildman–Crippen MR) is 50.2 cm³/mol. The van der Waals surface area contributed by atoms with Crippen molar-refractivity contribution < 1.29 is 0 Å². The number of nitrogens with one attached hydrogen (secondary N) is 1. The highest BCUT2D eigenvalue weighted by atomic mass is 15.3. The average Bonchev–Trinajstić information content (AvgIpc) is 2.77. The minimum Gasteiger partial charge on any atom is -0.338 e. The molecule has 2 rings (SSSR count). The SMILES string of the molecule is Cn1ccnc1CC(N)c1cn[nH]n1. The average molecular weight is 192 g/mol. The van der Waals surface area contributed by atoms with Crippen molar-refractivity contribution in [1.29, 1.82) is 0 Å². The van der Waals surface area contributed by atoms with Crippen LogP contribution < -0.4 is 5.73 Å². The molecule has 0 aliphatic carbocycles. The van der Waals surface area contributed by atoms with Crippen molar-refractivity contribution in [2.24, 2.45) is 12.8 Å². The molecular formula is C8H12N6. The third kappa shape index (κ3) is 1.64. The summed E-state index contributed by atoms with van der Waals surface area (Å²) in [6.45, 7) is 0. The van der Waals surface area contributed by atoms with E-state index in [9.17, 15) is 0 Å². The first-order valence-electron chi connectivity index (χ1n) is 4.35. The Hall–Kier alpha value is -1.69. The largest absolute Gasteiger partial charge is 0.338 e. The van der Waals surface area contributed by atoms with Crippen molar-refractivity contribution in [1.82, 2.24) is 25.0 Å². The van der Waals surface area contributed by atoms with Crippen molar-refractivity contribution >= 4 is 0 Å². The first kappa shape index (κ1) is 8.89. The number of hydrogen-bond acceptors (Lipinski definition) is 4. The molecule has 14 heavy (non-hydrogen) atoms. The maximum Gasteiger partial charge on any atom is 0.110 e. The Labute approximate surface area is 81.1 Å². The second-order valence-electron chi connectivity index (χ2n) is 3.16. The highest BCUT2D eigenvalue weighted by molar-refractivity contribution is 5.04. The molecule has 2 aromatic heterocycles. The highest BCUT2D eigenvalue weighted by Gasteiger charge is 2.11. The Morgan fingerprint density at radius 2 is 2.50 bits per heavy atom. The number of H-pyrrole nitrogens is 1. The number of aromatic nitrogens is 5. The van der Waals surface area contributed by atoms with Crippen LogP contribution >= 0.6 is 0 Å². The lowest BCUT2D eigenvalue weighted by atomic mass is 10.1. The number of nitrogens with two attached hydrogens (primary N) is 1. The monoisotopic (exact) mass is 192 g/mol. The molecule has 0 aliphatic rings. The number of hydrogen-bond donors (Lipinski definition) is 2. The van der Waals surface area contributed by atoms with Gasteiger partial charge in [0.2, 0.25) is 0 Å². The zero-order valence-electron chi connectivity index (χ0n) is 7.88. The zero-order valence-corrected chi connectivity index (χ0v) is 7.88. The molecule has 6 heteroatoms. The second kappa shape index (κ2) is 3.59. The second-order valence-corrected chi connectivity index (χ2v) is 3.16. The van der Waals surface area contributed by atoms with Gasteiger partial charge in [-0.3, -0.25) is 0 Å². The molecule has 0 saturated carbocycles. The van der Waals surface area contributed by atoms with Gasteiger partial charge in [0, 0.05) is 25.9 Å². The lowest BCUT2D eigenvalue weighted by Gasteiger charge is -2.07. The Morgan fingerprint density at radius 1 is 1.64 bits per heavy atom. The molecule has 0 amide bonds. The minimum atomic E-state index is -0.158. The van der Waals surface area contributed by atoms with Gasteiger partial charge >= 0.3 is 0 Å². The van der Waals surface area contributed by atoms with E-state index in [1.165, 1.54) is 0 Å². The summed E-state index contributed by atoms with van der Waals surface area (Å²) in [4.78, 5) is 4.19. The number of imidazole rings is 1. The van der Waals surface area contributed by atoms with Gasteiger partial charge in [0.1, 0.15) is 5.82 Å². The number of aryl methyl sites for hydroxylation is 1. The maximum atomic E-state index is 5.92. The summed E-state index contributed by atoms with van der Waals surface area (Å²) in [6, 6.07) is -0.158. The van der Waals surface area contributed by atoms with Gasteiger partial charge < -0.3 is 10.3 Å². The van der Waals surface area contributed by atoms with Crippen molar-refractivity contribution in [3.63, 3.8) is 0 Å². The van der Waals surface area contributed by atoms with E-state index in [2.05, 4.69) is 20.4 Å². The van der Waals surface area contributed by atoms with Crippen LogP contribution in [0.5, 0.6) is 0 Å². The van der Waals surface area contributed by atoms with E-state index >= 15 is 0 Å². The van der Waals surface area contributed by atoms with E-state index in [1.807, 2.05) is 17.8 Å². The molecule has 0 spiro atoms. The van der Waals surface area contributed by atoms with Crippen LogP contribution in [0.2, 0.25) is 0 Å². The van der Waals surface area contributed by atoms with Crippen molar-refractivity contribution in [3.8, 4) is 0 Å². The van der Waals surface area contributed by atoms with E-state index in [1.54, 1.807) is 12.4 Å². The molecule has 0 fully saturated rings. The maximum absolute atomic E-state index is 5.92. The molecule has 0 radical (unpaired) electrons. The Kier molecular flexibility index (Phi) is 2.28. The van der Waals surface area contributed by atoms with Crippen LogP contribution in [0.25, 0.3) is 0 Å². The van der Waals surface area contributed by atoms with Crippen LogP contribution in [-0.4, -0.2) is 25.0 Å². The predicted octanol–water partition coefficient (Wildman–Crippen LogP) is -0.219. The highest BCUT2D eigenvalue weighted by Crippen LogP contribution is 2.10. The van der Waals surface area contributed by atoms with E-state index in [0.29, 0.717) is 6.42 Å². The van der Waals surface area contributed by atoms with Gasteiger partial charge in [-0.25, -0.2) is 4.98 Å². The standard InChI is InChI=1S/C8H12N6/c1-14-3-2-10-8(14)4-6(9)7-5-11-13-12-7/h2-3,5-6H,4,9H2,1H3,(H,11,12,13). The molecule has 2 heterocycles. The quantitative estimate of drug-likeness (QED) is 0.704. The van der Waals surface area contributed by atoms with Gasteiger partial charge in [-0.05, 0) is 0 Å². The van der Waals surface area contributed by atoms with E-state index in [0.717, 1.165) is 11.5 Å². The summed E-state index contributed by atoms with van der Waals surface area (Å²) in [5, 5.41) is 10.2. The first-order valence-corrected chi connectivity index (χ1v) is 4.35. The van der Waals surface area contributed by atoms with Gasteiger partial charge in [-0.15, -0.1) is 0 Å². The molecule has 1 atom stereocenters. The van der Waals surface area contributed by atoms with Crippen LogP contribution in [-0.2, 0) is 13.5 Å². The molecule has 2 aromatic rings. The summed E-state index contributed by atoms with van der Waals surface area (Å²) >= 11 is 0. The van der Waals surface area contributed by atoms with Crippen LogP contribution in [0.3, 0.4) is 0 Å². The van der Waals surface area contributed by atoms with Gasteiger partial charge in [0.25, 0.3) is 0 Å². The fourth-order valence-electron chi connectivity index (χ4n) is 1.28. The van der Waals surface area contributed by atoms with Crippen LogP contribution in [0.1, 0.15) is 17.6 Å². The van der Waals surface area contributed by atoms with Crippen LogP contribution in [0.15, 0.2) is 18.6 Å². The number of nitrogens with zero attached hydrogens (tertiary/aromatic N) is 4. The Bertz CT molecular complexity index is 390. The summed E-state index contributed by atoms with van der Waals surface area (Å²) in [5.74, 6) is 0.945.